The van der Waals surface area contributed by atoms with Crippen LogP contribution >= 0.6 is 23.4 Å². The van der Waals surface area contributed by atoms with Crippen molar-refractivity contribution in [3.05, 3.63) is 34.6 Å². The van der Waals surface area contributed by atoms with Gasteiger partial charge < -0.3 is 5.32 Å². The monoisotopic (exact) mass is 303 g/mol. The summed E-state index contributed by atoms with van der Waals surface area (Å²) in [5.74, 6) is 0.719. The Balaban J connectivity index is 2.58. The van der Waals surface area contributed by atoms with E-state index in [2.05, 4.69) is 26.1 Å². The van der Waals surface area contributed by atoms with Crippen molar-refractivity contribution in [1.29, 1.82) is 0 Å². The van der Waals surface area contributed by atoms with Crippen LogP contribution < -0.4 is 5.32 Å². The van der Waals surface area contributed by atoms with Crippen molar-refractivity contribution >= 4 is 23.4 Å². The van der Waals surface area contributed by atoms with Crippen LogP contribution in [0.25, 0.3) is 0 Å². The highest BCUT2D eigenvalue weighted by Gasteiger charge is 2.11. The van der Waals surface area contributed by atoms with Gasteiger partial charge in [-0.25, -0.2) is 4.39 Å². The topological polar surface area (TPSA) is 12.0 Å². The van der Waals surface area contributed by atoms with Crippen LogP contribution in [0.15, 0.2) is 18.2 Å². The Morgan fingerprint density at radius 2 is 2.11 bits per heavy atom. The van der Waals surface area contributed by atoms with E-state index in [0.717, 1.165) is 24.3 Å². The molecule has 0 aromatic heterocycles. The molecule has 2 unspecified atom stereocenters. The van der Waals surface area contributed by atoms with Crippen LogP contribution in [-0.4, -0.2) is 23.6 Å². The fourth-order valence-electron chi connectivity index (χ4n) is 1.83. The van der Waals surface area contributed by atoms with Crippen molar-refractivity contribution in [1.82, 2.24) is 5.32 Å². The van der Waals surface area contributed by atoms with Gasteiger partial charge in [0.25, 0.3) is 0 Å². The van der Waals surface area contributed by atoms with Crippen LogP contribution in [0.2, 0.25) is 5.02 Å². The lowest BCUT2D eigenvalue weighted by Gasteiger charge is -2.19. The third-order valence-corrected chi connectivity index (χ3v) is 4.92. The fraction of sp³-hybridized carbons (Fsp3) is 0.600. The molecule has 1 aromatic carbocycles. The molecule has 0 aliphatic rings. The predicted molar refractivity (Wildman–Crippen MR) is 84.8 cm³/mol. The van der Waals surface area contributed by atoms with Crippen molar-refractivity contribution in [3.63, 3.8) is 0 Å². The summed E-state index contributed by atoms with van der Waals surface area (Å²) in [6, 6.07) is 5.46. The van der Waals surface area contributed by atoms with Gasteiger partial charge in [-0.1, -0.05) is 38.4 Å². The molecular weight excluding hydrogens is 281 g/mol. The molecular formula is C15H23ClFNS. The van der Waals surface area contributed by atoms with Crippen molar-refractivity contribution in [2.45, 2.75) is 44.9 Å². The van der Waals surface area contributed by atoms with Crippen LogP contribution in [0.1, 0.15) is 32.8 Å². The number of nitrogens with one attached hydrogen (secondary N) is 1. The first-order valence-electron chi connectivity index (χ1n) is 6.85. The van der Waals surface area contributed by atoms with Gasteiger partial charge in [0.1, 0.15) is 5.82 Å². The van der Waals surface area contributed by atoms with Gasteiger partial charge in [0.15, 0.2) is 0 Å². The molecule has 0 saturated carbocycles. The summed E-state index contributed by atoms with van der Waals surface area (Å²) in [4.78, 5) is 0. The average Bonchev–Trinajstić information content (AvgIpc) is 2.40. The Labute approximate surface area is 125 Å². The van der Waals surface area contributed by atoms with Gasteiger partial charge in [-0.05, 0) is 37.1 Å². The van der Waals surface area contributed by atoms with Crippen LogP contribution in [0.3, 0.4) is 0 Å². The summed E-state index contributed by atoms with van der Waals surface area (Å²) >= 11 is 7.67. The molecule has 0 radical (unpaired) electrons. The van der Waals surface area contributed by atoms with Crippen molar-refractivity contribution in [3.8, 4) is 0 Å². The summed E-state index contributed by atoms with van der Waals surface area (Å²) in [5, 5.41) is 4.33. The fourth-order valence-corrected chi connectivity index (χ4v) is 2.98. The molecule has 1 N–H and O–H groups in total. The Hall–Kier alpha value is -0.250. The lowest BCUT2D eigenvalue weighted by Crippen LogP contribution is -2.33. The summed E-state index contributed by atoms with van der Waals surface area (Å²) in [7, 11) is 0. The van der Waals surface area contributed by atoms with Gasteiger partial charge in [-0.3, -0.25) is 0 Å². The quantitative estimate of drug-likeness (QED) is 0.757. The molecule has 0 bridgehead atoms. The lowest BCUT2D eigenvalue weighted by molar-refractivity contribution is 0.567. The van der Waals surface area contributed by atoms with E-state index in [9.17, 15) is 4.39 Å². The molecule has 0 aliphatic heterocycles. The highest BCUT2D eigenvalue weighted by molar-refractivity contribution is 7.99. The number of hydrogen-bond acceptors (Lipinski definition) is 2. The first kappa shape index (κ1) is 16.8. The molecule has 1 rings (SSSR count). The maximum Gasteiger partial charge on any atom is 0.142 e. The summed E-state index contributed by atoms with van der Waals surface area (Å²) in [6.45, 7) is 7.48. The van der Waals surface area contributed by atoms with Gasteiger partial charge in [-0.15, -0.1) is 0 Å². The van der Waals surface area contributed by atoms with Crippen molar-refractivity contribution < 1.29 is 4.39 Å². The van der Waals surface area contributed by atoms with Gasteiger partial charge in [0.05, 0.1) is 5.02 Å². The second-order valence-electron chi connectivity index (χ2n) is 4.76. The second-order valence-corrected chi connectivity index (χ2v) is 6.64. The number of hydrogen-bond donors (Lipinski definition) is 1. The van der Waals surface area contributed by atoms with E-state index in [-0.39, 0.29) is 10.8 Å². The number of halogens is 2. The van der Waals surface area contributed by atoms with E-state index >= 15 is 0 Å². The maximum atomic E-state index is 13.4. The minimum absolute atomic E-state index is 0.192. The molecule has 0 amide bonds. The molecule has 0 spiro atoms. The van der Waals surface area contributed by atoms with Crippen LogP contribution in [0.5, 0.6) is 0 Å². The Bertz CT molecular complexity index is 386. The molecule has 0 saturated heterocycles. The normalized spacial score (nSPS) is 14.4. The number of thioether (sulfide) groups is 1. The summed E-state index contributed by atoms with van der Waals surface area (Å²) < 4.78 is 13.4. The highest BCUT2D eigenvalue weighted by Crippen LogP contribution is 2.19. The van der Waals surface area contributed by atoms with Crippen LogP contribution in [0.4, 0.5) is 4.39 Å². The van der Waals surface area contributed by atoms with E-state index in [1.165, 1.54) is 6.42 Å². The minimum atomic E-state index is -0.330. The standard InChI is InChI=1S/C15H23ClFNS/c1-4-11(3)19-10-13(18-5-2)8-12-6-7-14(16)15(17)9-12/h6-7,9,11,13,18H,4-5,8,10H2,1-3H3. The number of rotatable bonds is 8. The van der Waals surface area contributed by atoms with E-state index in [4.69, 9.17) is 11.6 Å². The zero-order valence-electron chi connectivity index (χ0n) is 11.9. The minimum Gasteiger partial charge on any atom is -0.313 e. The molecule has 108 valence electrons. The second kappa shape index (κ2) is 8.83. The zero-order valence-corrected chi connectivity index (χ0v) is 13.5. The smallest absolute Gasteiger partial charge is 0.142 e. The first-order valence-corrected chi connectivity index (χ1v) is 8.28. The number of likely N-dealkylation sites (N-methyl/N-ethyl adjacent to an activating group) is 1. The maximum absolute atomic E-state index is 13.4. The van der Waals surface area contributed by atoms with E-state index in [1.807, 2.05) is 17.8 Å². The molecule has 4 heteroatoms. The molecule has 1 aromatic rings. The molecule has 0 fully saturated rings. The molecule has 2 atom stereocenters. The summed E-state index contributed by atoms with van der Waals surface area (Å²) in [6.07, 6.45) is 2.02. The van der Waals surface area contributed by atoms with Gasteiger partial charge in [0, 0.05) is 17.0 Å². The van der Waals surface area contributed by atoms with Crippen LogP contribution in [0, 0.1) is 5.82 Å². The molecule has 0 aliphatic carbocycles. The van der Waals surface area contributed by atoms with Crippen molar-refractivity contribution in [2.75, 3.05) is 12.3 Å². The van der Waals surface area contributed by atoms with Crippen LogP contribution in [-0.2, 0) is 6.42 Å². The average molecular weight is 304 g/mol. The molecule has 1 nitrogen and oxygen atoms in total. The van der Waals surface area contributed by atoms with E-state index in [1.54, 1.807) is 12.1 Å². The first-order chi connectivity index (χ1) is 9.06. The number of benzene rings is 1. The Morgan fingerprint density at radius 1 is 1.37 bits per heavy atom. The third-order valence-electron chi connectivity index (χ3n) is 3.12. The van der Waals surface area contributed by atoms with E-state index in [0.29, 0.717) is 11.3 Å². The molecule has 0 heterocycles. The van der Waals surface area contributed by atoms with E-state index < -0.39 is 0 Å². The largest absolute Gasteiger partial charge is 0.313 e. The Morgan fingerprint density at radius 3 is 2.68 bits per heavy atom. The highest BCUT2D eigenvalue weighted by atomic mass is 35.5. The van der Waals surface area contributed by atoms with Crippen molar-refractivity contribution in [2.24, 2.45) is 0 Å². The molecule has 19 heavy (non-hydrogen) atoms. The van der Waals surface area contributed by atoms with Gasteiger partial charge >= 0.3 is 0 Å². The summed E-state index contributed by atoms with van der Waals surface area (Å²) in [5.41, 5.74) is 0.998. The van der Waals surface area contributed by atoms with Gasteiger partial charge in [0.2, 0.25) is 0 Å². The van der Waals surface area contributed by atoms with Gasteiger partial charge in [-0.2, -0.15) is 11.8 Å². The third kappa shape index (κ3) is 6.15. The lowest BCUT2D eigenvalue weighted by atomic mass is 10.1. The Kier molecular flexibility index (Phi) is 7.81. The predicted octanol–water partition coefficient (Wildman–Crippen LogP) is 4.53. The zero-order chi connectivity index (χ0) is 14.3. The SMILES string of the molecule is CCNC(CSC(C)CC)Cc1ccc(Cl)c(F)c1.